The van der Waals surface area contributed by atoms with E-state index in [0.29, 0.717) is 29.2 Å². The maximum Gasteiger partial charge on any atom is 0.326 e. The molecule has 7 heteroatoms. The summed E-state index contributed by atoms with van der Waals surface area (Å²) >= 11 is 0. The average Bonchev–Trinajstić information content (AvgIpc) is 3.69. The number of hydrogen-bond donors (Lipinski definition) is 2. The van der Waals surface area contributed by atoms with E-state index in [1.54, 1.807) is 6.33 Å². The summed E-state index contributed by atoms with van der Waals surface area (Å²) < 4.78 is 8.20. The van der Waals surface area contributed by atoms with Gasteiger partial charge in [-0.1, -0.05) is 78.9 Å². The minimum Gasteiger partial charge on any atom is -0.424 e. The number of aryl methyl sites for hydroxylation is 2. The van der Waals surface area contributed by atoms with Gasteiger partial charge >= 0.3 is 6.01 Å². The van der Waals surface area contributed by atoms with Crippen LogP contribution in [0.5, 0.6) is 11.8 Å². The molecule has 2 aromatic heterocycles. The van der Waals surface area contributed by atoms with Gasteiger partial charge in [-0.15, -0.1) is 0 Å². The van der Waals surface area contributed by atoms with Gasteiger partial charge in [-0.25, -0.2) is 4.98 Å². The van der Waals surface area contributed by atoms with Crippen LogP contribution in [0.4, 0.5) is 5.82 Å². The molecular weight excluding hydrogens is 522 g/mol. The van der Waals surface area contributed by atoms with E-state index in [2.05, 4.69) is 66.0 Å². The maximum absolute atomic E-state index is 10.3. The third-order valence-electron chi connectivity index (χ3n) is 7.79. The smallest absolute Gasteiger partial charge is 0.326 e. The summed E-state index contributed by atoms with van der Waals surface area (Å²) in [5, 5.41) is 13.7. The Hall–Kier alpha value is -5.01. The van der Waals surface area contributed by atoms with Gasteiger partial charge < -0.3 is 15.2 Å². The fourth-order valence-electron chi connectivity index (χ4n) is 5.63. The first-order valence-corrected chi connectivity index (χ1v) is 14.4. The van der Waals surface area contributed by atoms with E-state index in [4.69, 9.17) is 19.7 Å². The Kier molecular flexibility index (Phi) is 7.08. The van der Waals surface area contributed by atoms with Crippen molar-refractivity contribution in [2.75, 3.05) is 11.9 Å². The summed E-state index contributed by atoms with van der Waals surface area (Å²) in [7, 11) is 0. The molecule has 1 aliphatic carbocycles. The first-order valence-electron chi connectivity index (χ1n) is 14.4. The third kappa shape index (κ3) is 5.34. The molecule has 2 N–H and O–H groups in total. The zero-order valence-electron chi connectivity index (χ0n) is 23.1. The fraction of sp³-hybridized carbons (Fsp3) is 0.171. The van der Waals surface area contributed by atoms with E-state index in [1.165, 1.54) is 17.5 Å². The van der Waals surface area contributed by atoms with Gasteiger partial charge in [0, 0.05) is 5.69 Å². The monoisotopic (exact) mass is 553 g/mol. The lowest BCUT2D eigenvalue weighted by atomic mass is 10.1. The molecule has 4 aromatic carbocycles. The van der Waals surface area contributed by atoms with Crippen LogP contribution in [0, 0.1) is 0 Å². The van der Waals surface area contributed by atoms with Crippen molar-refractivity contribution in [3.63, 3.8) is 0 Å². The molecule has 1 atom stereocenters. The number of rotatable bonds is 9. The Labute approximate surface area is 244 Å². The second kappa shape index (κ2) is 11.5. The molecule has 0 bridgehead atoms. The number of aliphatic hydroxyl groups is 1. The lowest BCUT2D eigenvalue weighted by molar-refractivity contribution is 0.273. The van der Waals surface area contributed by atoms with Crippen LogP contribution < -0.4 is 10.1 Å². The predicted molar refractivity (Wildman–Crippen MR) is 165 cm³/mol. The molecule has 42 heavy (non-hydrogen) atoms. The van der Waals surface area contributed by atoms with Crippen molar-refractivity contribution < 1.29 is 9.84 Å². The van der Waals surface area contributed by atoms with Gasteiger partial charge in [-0.2, -0.15) is 9.97 Å². The van der Waals surface area contributed by atoms with Crippen molar-refractivity contribution in [2.45, 2.75) is 31.7 Å². The maximum atomic E-state index is 10.3. The van der Waals surface area contributed by atoms with Crippen molar-refractivity contribution in [2.24, 2.45) is 0 Å². The summed E-state index contributed by atoms with van der Waals surface area (Å²) in [5.74, 6) is 1.23. The normalized spacial score (nSPS) is 13.2. The standard InChI is InChI=1S/C35H31N5O2/c41-22-29(20-24-8-3-1-4-9-24)37-33-32-34(39-35(38-33)42-31-19-16-26-12-7-13-28(26)21-31)40(23-36-32)30-17-14-27(15-18-30)25-10-5-2-6-11-25/h1-6,8-11,14-19,21,23,29,41H,7,12-13,20,22H2,(H,37,38,39)/t29-/m0/s1. The minimum atomic E-state index is -0.270. The predicted octanol–water partition coefficient (Wildman–Crippen LogP) is 6.78. The molecule has 0 unspecified atom stereocenters. The molecule has 1 aliphatic rings. The van der Waals surface area contributed by atoms with Gasteiger partial charge in [0.15, 0.2) is 17.0 Å². The van der Waals surface area contributed by atoms with Crippen molar-refractivity contribution in [1.29, 1.82) is 0 Å². The molecule has 0 radical (unpaired) electrons. The van der Waals surface area contributed by atoms with E-state index >= 15 is 0 Å². The summed E-state index contributed by atoms with van der Waals surface area (Å²) in [5.41, 5.74) is 8.26. The fourth-order valence-corrected chi connectivity index (χ4v) is 5.63. The Balaban J connectivity index is 1.26. The van der Waals surface area contributed by atoms with E-state index in [1.807, 2.05) is 47.0 Å². The topological polar surface area (TPSA) is 85.1 Å². The molecule has 7 rings (SSSR count). The molecule has 2 heterocycles. The number of ether oxygens (including phenoxy) is 1. The van der Waals surface area contributed by atoms with Crippen molar-refractivity contribution in [3.05, 3.63) is 126 Å². The van der Waals surface area contributed by atoms with Gasteiger partial charge in [0.05, 0.1) is 12.6 Å². The Morgan fingerprint density at radius 1 is 0.810 bits per heavy atom. The number of nitrogens with zero attached hydrogens (tertiary/aromatic N) is 4. The first-order chi connectivity index (χ1) is 20.7. The number of anilines is 1. The van der Waals surface area contributed by atoms with E-state index in [9.17, 15) is 5.11 Å². The molecule has 0 aliphatic heterocycles. The first kappa shape index (κ1) is 25.9. The Bertz CT molecular complexity index is 1820. The summed E-state index contributed by atoms with van der Waals surface area (Å²) in [6, 6.07) is 34.9. The molecule has 0 amide bonds. The van der Waals surface area contributed by atoms with Crippen molar-refractivity contribution in [3.8, 4) is 28.6 Å². The number of imidazole rings is 1. The number of nitrogens with one attached hydrogen (secondary N) is 1. The second-order valence-electron chi connectivity index (χ2n) is 10.7. The lowest BCUT2D eigenvalue weighted by Crippen LogP contribution is -2.27. The summed E-state index contributed by atoms with van der Waals surface area (Å²) in [4.78, 5) is 14.3. The van der Waals surface area contributed by atoms with Crippen LogP contribution in [0.1, 0.15) is 23.1 Å². The molecule has 6 aromatic rings. The van der Waals surface area contributed by atoms with E-state index in [0.717, 1.165) is 35.2 Å². The summed E-state index contributed by atoms with van der Waals surface area (Å²) in [6.45, 7) is -0.0664. The SMILES string of the molecule is OC[C@H](Cc1ccccc1)Nc1nc(Oc2ccc3c(c2)CCC3)nc2c1ncn2-c1ccc(-c2ccccc2)cc1. The van der Waals surface area contributed by atoms with Gasteiger partial charge in [0.25, 0.3) is 0 Å². The second-order valence-corrected chi connectivity index (χ2v) is 10.7. The van der Waals surface area contributed by atoms with Gasteiger partial charge in [0.2, 0.25) is 0 Å². The molecular formula is C35H31N5O2. The Morgan fingerprint density at radius 2 is 1.55 bits per heavy atom. The van der Waals surface area contributed by atoms with Crippen molar-refractivity contribution >= 4 is 17.0 Å². The van der Waals surface area contributed by atoms with Crippen molar-refractivity contribution in [1.82, 2.24) is 19.5 Å². The number of aliphatic hydroxyl groups excluding tert-OH is 1. The van der Waals surface area contributed by atoms with Gasteiger partial charge in [-0.3, -0.25) is 4.57 Å². The van der Waals surface area contributed by atoms with E-state index < -0.39 is 0 Å². The number of fused-ring (bicyclic) bond motifs is 2. The molecule has 0 saturated carbocycles. The average molecular weight is 554 g/mol. The third-order valence-corrected chi connectivity index (χ3v) is 7.79. The number of benzene rings is 4. The zero-order valence-corrected chi connectivity index (χ0v) is 23.1. The van der Waals surface area contributed by atoms with Crippen LogP contribution >= 0.6 is 0 Å². The van der Waals surface area contributed by atoms with Crippen LogP contribution in [-0.2, 0) is 19.3 Å². The number of aromatic nitrogens is 4. The minimum absolute atomic E-state index is 0.0664. The molecule has 0 spiro atoms. The van der Waals surface area contributed by atoms with Gasteiger partial charge in [0.1, 0.15) is 12.1 Å². The highest BCUT2D eigenvalue weighted by atomic mass is 16.5. The highest BCUT2D eigenvalue weighted by molar-refractivity contribution is 5.85. The van der Waals surface area contributed by atoms with Crippen LogP contribution in [0.3, 0.4) is 0 Å². The molecule has 0 saturated heterocycles. The zero-order chi connectivity index (χ0) is 28.3. The quantitative estimate of drug-likeness (QED) is 0.205. The van der Waals surface area contributed by atoms with Gasteiger partial charge in [-0.05, 0) is 77.8 Å². The highest BCUT2D eigenvalue weighted by Crippen LogP contribution is 2.31. The molecule has 0 fully saturated rings. The lowest BCUT2D eigenvalue weighted by Gasteiger charge is -2.18. The van der Waals surface area contributed by atoms with Crippen LogP contribution in [-0.4, -0.2) is 37.3 Å². The Morgan fingerprint density at radius 3 is 2.33 bits per heavy atom. The summed E-state index contributed by atoms with van der Waals surface area (Å²) in [6.07, 6.45) is 5.72. The molecule has 208 valence electrons. The van der Waals surface area contributed by atoms with E-state index in [-0.39, 0.29) is 18.7 Å². The largest absolute Gasteiger partial charge is 0.424 e. The number of hydrogen-bond acceptors (Lipinski definition) is 6. The molecule has 7 nitrogen and oxygen atoms in total. The van der Waals surface area contributed by atoms with Crippen LogP contribution in [0.25, 0.3) is 28.0 Å². The highest BCUT2D eigenvalue weighted by Gasteiger charge is 2.20. The van der Waals surface area contributed by atoms with Crippen LogP contribution in [0.2, 0.25) is 0 Å². The van der Waals surface area contributed by atoms with Crippen LogP contribution in [0.15, 0.2) is 109 Å².